The van der Waals surface area contributed by atoms with Crippen LogP contribution >= 0.6 is 11.6 Å². The molecular weight excluding hydrogens is 198 g/mol. The molecule has 0 saturated carbocycles. The maximum Gasteiger partial charge on any atom is 0.0662 e. The third kappa shape index (κ3) is 1.92. The molecule has 3 heteroatoms. The molecular formula is C11H14ClNO. The fourth-order valence-electron chi connectivity index (χ4n) is 1.84. The van der Waals surface area contributed by atoms with Gasteiger partial charge in [0.15, 0.2) is 0 Å². The van der Waals surface area contributed by atoms with Crippen LogP contribution in [0, 0.1) is 6.92 Å². The minimum absolute atomic E-state index is 0.248. The molecule has 0 radical (unpaired) electrons. The molecule has 1 N–H and O–H groups in total. The molecule has 76 valence electrons. The molecule has 0 bridgehead atoms. The van der Waals surface area contributed by atoms with Gasteiger partial charge in [0.1, 0.15) is 0 Å². The minimum Gasteiger partial charge on any atom is -0.378 e. The van der Waals surface area contributed by atoms with Gasteiger partial charge in [0.25, 0.3) is 0 Å². The maximum absolute atomic E-state index is 6.17. The van der Waals surface area contributed by atoms with Gasteiger partial charge in [-0.1, -0.05) is 23.7 Å². The van der Waals surface area contributed by atoms with Gasteiger partial charge >= 0.3 is 0 Å². The molecule has 1 heterocycles. The monoisotopic (exact) mass is 211 g/mol. The highest BCUT2D eigenvalue weighted by atomic mass is 35.5. The zero-order chi connectivity index (χ0) is 9.97. The lowest BCUT2D eigenvalue weighted by molar-refractivity contribution is 0.0767. The second-order valence-corrected chi connectivity index (χ2v) is 3.96. The van der Waals surface area contributed by atoms with Gasteiger partial charge < -0.3 is 10.1 Å². The van der Waals surface area contributed by atoms with E-state index < -0.39 is 0 Å². The van der Waals surface area contributed by atoms with Crippen LogP contribution in [0.15, 0.2) is 18.2 Å². The molecule has 0 aliphatic carbocycles. The van der Waals surface area contributed by atoms with Crippen LogP contribution in [0.5, 0.6) is 0 Å². The van der Waals surface area contributed by atoms with Crippen LogP contribution in [0.1, 0.15) is 17.2 Å². The topological polar surface area (TPSA) is 21.3 Å². The summed E-state index contributed by atoms with van der Waals surface area (Å²) in [7, 11) is 0. The fraction of sp³-hybridized carbons (Fsp3) is 0.455. The molecule has 0 spiro atoms. The van der Waals surface area contributed by atoms with Gasteiger partial charge in [0, 0.05) is 11.6 Å². The van der Waals surface area contributed by atoms with E-state index in [0.717, 1.165) is 18.2 Å². The molecule has 14 heavy (non-hydrogen) atoms. The zero-order valence-corrected chi connectivity index (χ0v) is 8.97. The lowest BCUT2D eigenvalue weighted by atomic mass is 10.0. The molecule has 1 aliphatic rings. The third-order valence-corrected chi connectivity index (χ3v) is 2.87. The number of nitrogens with one attached hydrogen (secondary N) is 1. The first-order chi connectivity index (χ1) is 6.79. The summed E-state index contributed by atoms with van der Waals surface area (Å²) in [5.41, 5.74) is 2.40. The highest BCUT2D eigenvalue weighted by Crippen LogP contribution is 2.27. The van der Waals surface area contributed by atoms with E-state index in [9.17, 15) is 0 Å². The van der Waals surface area contributed by atoms with Gasteiger partial charge in [-0.15, -0.1) is 0 Å². The van der Waals surface area contributed by atoms with E-state index in [-0.39, 0.29) is 6.04 Å². The predicted molar refractivity (Wildman–Crippen MR) is 57.8 cm³/mol. The van der Waals surface area contributed by atoms with Gasteiger partial charge in [-0.3, -0.25) is 0 Å². The van der Waals surface area contributed by atoms with Crippen LogP contribution in [-0.4, -0.2) is 19.8 Å². The Morgan fingerprint density at radius 3 is 3.00 bits per heavy atom. The highest BCUT2D eigenvalue weighted by Gasteiger charge is 2.19. The van der Waals surface area contributed by atoms with E-state index in [1.54, 1.807) is 0 Å². The zero-order valence-electron chi connectivity index (χ0n) is 8.22. The van der Waals surface area contributed by atoms with Crippen molar-refractivity contribution in [3.8, 4) is 0 Å². The lowest BCUT2D eigenvalue weighted by Crippen LogP contribution is -2.35. The molecule has 2 nitrogen and oxygen atoms in total. The van der Waals surface area contributed by atoms with Crippen molar-refractivity contribution < 1.29 is 4.74 Å². The van der Waals surface area contributed by atoms with Crippen LogP contribution in [0.2, 0.25) is 5.02 Å². The molecule has 1 atom stereocenters. The molecule has 0 unspecified atom stereocenters. The normalized spacial score (nSPS) is 22.3. The average molecular weight is 212 g/mol. The molecule has 0 aromatic heterocycles. The second-order valence-electron chi connectivity index (χ2n) is 3.55. The number of morpholine rings is 1. The Bertz CT molecular complexity index is 301. The Kier molecular flexibility index (Phi) is 3.06. The standard InChI is InChI=1S/C11H14ClNO/c1-8-3-2-4-9(12)11(8)10-7-14-6-5-13-10/h2-4,10,13H,5-7H2,1H3/t10-/m0/s1. The Morgan fingerprint density at radius 2 is 2.36 bits per heavy atom. The van der Waals surface area contributed by atoms with Crippen LogP contribution in [-0.2, 0) is 4.74 Å². The van der Waals surface area contributed by atoms with Gasteiger partial charge in [0.2, 0.25) is 0 Å². The van der Waals surface area contributed by atoms with Gasteiger partial charge in [0.05, 0.1) is 19.3 Å². The summed E-state index contributed by atoms with van der Waals surface area (Å²) in [6, 6.07) is 6.24. The van der Waals surface area contributed by atoms with Gasteiger partial charge in [-0.05, 0) is 24.1 Å². The van der Waals surface area contributed by atoms with E-state index in [0.29, 0.717) is 6.61 Å². The van der Waals surface area contributed by atoms with E-state index >= 15 is 0 Å². The predicted octanol–water partition coefficient (Wildman–Crippen LogP) is 2.31. The van der Waals surface area contributed by atoms with E-state index in [1.807, 2.05) is 12.1 Å². The molecule has 1 aliphatic heterocycles. The first kappa shape index (κ1) is 9.97. The molecule has 1 saturated heterocycles. The Labute approximate surface area is 89.2 Å². The highest BCUT2D eigenvalue weighted by molar-refractivity contribution is 6.31. The van der Waals surface area contributed by atoms with Crippen LogP contribution < -0.4 is 5.32 Å². The summed E-state index contributed by atoms with van der Waals surface area (Å²) in [6.07, 6.45) is 0. The summed E-state index contributed by atoms with van der Waals surface area (Å²) in [5.74, 6) is 0. The number of benzene rings is 1. The average Bonchev–Trinajstić information content (AvgIpc) is 2.19. The van der Waals surface area contributed by atoms with Gasteiger partial charge in [-0.25, -0.2) is 0 Å². The fourth-order valence-corrected chi connectivity index (χ4v) is 2.19. The SMILES string of the molecule is Cc1cccc(Cl)c1[C@@H]1COCCN1. The quantitative estimate of drug-likeness (QED) is 0.770. The smallest absolute Gasteiger partial charge is 0.0662 e. The third-order valence-electron chi connectivity index (χ3n) is 2.54. The Hall–Kier alpha value is -0.570. The summed E-state index contributed by atoms with van der Waals surface area (Å²) in [5, 5.41) is 4.23. The molecule has 0 amide bonds. The molecule has 1 fully saturated rings. The number of ether oxygens (including phenoxy) is 1. The number of hydrogen-bond donors (Lipinski definition) is 1. The van der Waals surface area contributed by atoms with Crippen molar-refractivity contribution in [1.29, 1.82) is 0 Å². The lowest BCUT2D eigenvalue weighted by Gasteiger charge is -2.26. The first-order valence-corrected chi connectivity index (χ1v) is 5.23. The number of rotatable bonds is 1. The first-order valence-electron chi connectivity index (χ1n) is 4.85. The molecule has 1 aromatic rings. The summed E-state index contributed by atoms with van der Waals surface area (Å²) < 4.78 is 5.43. The number of aryl methyl sites for hydroxylation is 1. The summed E-state index contributed by atoms with van der Waals surface area (Å²) >= 11 is 6.17. The van der Waals surface area contributed by atoms with E-state index in [2.05, 4.69) is 18.3 Å². The largest absolute Gasteiger partial charge is 0.378 e. The molecule has 1 aromatic carbocycles. The Morgan fingerprint density at radius 1 is 1.50 bits per heavy atom. The van der Waals surface area contributed by atoms with E-state index in [1.165, 1.54) is 11.1 Å². The van der Waals surface area contributed by atoms with Crippen molar-refractivity contribution in [1.82, 2.24) is 5.32 Å². The summed E-state index contributed by atoms with van der Waals surface area (Å²) in [6.45, 7) is 4.48. The van der Waals surface area contributed by atoms with Crippen LogP contribution in [0.3, 0.4) is 0 Å². The minimum atomic E-state index is 0.248. The van der Waals surface area contributed by atoms with Crippen molar-refractivity contribution in [2.75, 3.05) is 19.8 Å². The van der Waals surface area contributed by atoms with Gasteiger partial charge in [-0.2, -0.15) is 0 Å². The maximum atomic E-state index is 6.17. The van der Waals surface area contributed by atoms with Crippen molar-refractivity contribution >= 4 is 11.6 Å². The number of halogens is 1. The number of hydrogen-bond acceptors (Lipinski definition) is 2. The van der Waals surface area contributed by atoms with Crippen molar-refractivity contribution in [2.45, 2.75) is 13.0 Å². The van der Waals surface area contributed by atoms with E-state index in [4.69, 9.17) is 16.3 Å². The van der Waals surface area contributed by atoms with Crippen LogP contribution in [0.25, 0.3) is 0 Å². The van der Waals surface area contributed by atoms with Crippen molar-refractivity contribution in [3.63, 3.8) is 0 Å². The summed E-state index contributed by atoms with van der Waals surface area (Å²) in [4.78, 5) is 0. The molecule has 2 rings (SSSR count). The van der Waals surface area contributed by atoms with Crippen LogP contribution in [0.4, 0.5) is 0 Å². The Balaban J connectivity index is 2.29. The van der Waals surface area contributed by atoms with Crippen molar-refractivity contribution in [2.24, 2.45) is 0 Å². The second kappa shape index (κ2) is 4.30. The van der Waals surface area contributed by atoms with Crippen molar-refractivity contribution in [3.05, 3.63) is 34.3 Å².